The highest BCUT2D eigenvalue weighted by atomic mass is 16.5. The zero-order valence-corrected chi connectivity index (χ0v) is 24.1. The lowest BCUT2D eigenvalue weighted by atomic mass is 9.81. The van der Waals surface area contributed by atoms with Gasteiger partial charge in [0.25, 0.3) is 0 Å². The average Bonchev–Trinajstić information content (AvgIpc) is 3.38. The van der Waals surface area contributed by atoms with E-state index in [0.717, 1.165) is 55.7 Å². The van der Waals surface area contributed by atoms with Crippen molar-refractivity contribution < 1.29 is 9.53 Å². The Morgan fingerprint density at radius 1 is 1.18 bits per heavy atom. The van der Waals surface area contributed by atoms with Gasteiger partial charge in [-0.3, -0.25) is 9.69 Å². The van der Waals surface area contributed by atoms with Gasteiger partial charge in [-0.2, -0.15) is 5.10 Å². The molecule has 1 aliphatic rings. The number of hydrogen-bond acceptors (Lipinski definition) is 5. The molecule has 0 bridgehead atoms. The number of likely N-dealkylation sites (N-methyl/N-ethyl adjacent to an activating group) is 1. The fourth-order valence-electron chi connectivity index (χ4n) is 5.66. The molecule has 1 saturated heterocycles. The molecule has 0 aliphatic carbocycles. The summed E-state index contributed by atoms with van der Waals surface area (Å²) in [6.45, 7) is 11.5. The summed E-state index contributed by atoms with van der Waals surface area (Å²) < 4.78 is 7.51. The number of nitrogens with zero attached hydrogens (tertiary/aromatic N) is 5. The average molecular weight is 518 g/mol. The second kappa shape index (κ2) is 12.1. The van der Waals surface area contributed by atoms with Crippen LogP contribution in [0.3, 0.4) is 0 Å². The molecule has 0 N–H and O–H groups in total. The van der Waals surface area contributed by atoms with Crippen molar-refractivity contribution in [1.82, 2.24) is 24.4 Å². The van der Waals surface area contributed by atoms with E-state index in [4.69, 9.17) is 4.74 Å². The van der Waals surface area contributed by atoms with Crippen LogP contribution < -0.4 is 4.74 Å². The molecule has 1 amide bonds. The van der Waals surface area contributed by atoms with Crippen molar-refractivity contribution in [1.29, 1.82) is 0 Å². The number of amides is 1. The van der Waals surface area contributed by atoms with Crippen molar-refractivity contribution in [3.63, 3.8) is 0 Å². The fraction of sp³-hybridized carbons (Fsp3) is 0.516. The monoisotopic (exact) mass is 517 g/mol. The molecule has 3 heterocycles. The Bertz CT molecular complexity index is 1300. The highest BCUT2D eigenvalue weighted by molar-refractivity contribution is 5.93. The molecule has 204 valence electrons. The van der Waals surface area contributed by atoms with Crippen LogP contribution in [-0.2, 0) is 4.79 Å². The Balaban J connectivity index is 1.71. The number of carbonyl (C=O) groups excluding carboxylic acids is 1. The molecule has 2 aromatic heterocycles. The predicted molar refractivity (Wildman–Crippen MR) is 154 cm³/mol. The summed E-state index contributed by atoms with van der Waals surface area (Å²) >= 11 is 0. The van der Waals surface area contributed by atoms with E-state index in [9.17, 15) is 4.79 Å². The molecule has 7 nitrogen and oxygen atoms in total. The van der Waals surface area contributed by atoms with Gasteiger partial charge in [0.15, 0.2) is 11.4 Å². The zero-order chi connectivity index (χ0) is 27.4. The van der Waals surface area contributed by atoms with Gasteiger partial charge in [-0.05, 0) is 85.0 Å². The number of piperidine rings is 1. The van der Waals surface area contributed by atoms with Crippen molar-refractivity contribution in [3.8, 4) is 5.75 Å². The molecule has 4 rings (SSSR count). The van der Waals surface area contributed by atoms with E-state index in [1.54, 1.807) is 18.3 Å². The molecule has 0 radical (unpaired) electrons. The van der Waals surface area contributed by atoms with E-state index < -0.39 is 0 Å². The summed E-state index contributed by atoms with van der Waals surface area (Å²) in [4.78, 5) is 20.5. The first-order valence-corrected chi connectivity index (χ1v) is 13.9. The van der Waals surface area contributed by atoms with Crippen LogP contribution in [0.2, 0.25) is 0 Å². The second-order valence-electron chi connectivity index (χ2n) is 11.0. The number of hydrogen-bond donors (Lipinski definition) is 0. The summed E-state index contributed by atoms with van der Waals surface area (Å²) in [5.41, 5.74) is 8.64. The van der Waals surface area contributed by atoms with E-state index >= 15 is 0 Å². The van der Waals surface area contributed by atoms with Crippen LogP contribution in [0.15, 0.2) is 36.8 Å². The number of likely N-dealkylation sites (tertiary alicyclic amines) is 1. The molecule has 0 unspecified atom stereocenters. The summed E-state index contributed by atoms with van der Waals surface area (Å²) in [6.07, 6.45) is 7.83. The maximum Gasteiger partial charge on any atom is 0.236 e. The van der Waals surface area contributed by atoms with Gasteiger partial charge in [0, 0.05) is 25.9 Å². The zero-order valence-electron chi connectivity index (χ0n) is 24.1. The molecule has 3 aromatic rings. The number of aromatic nitrogens is 3. The van der Waals surface area contributed by atoms with Crippen molar-refractivity contribution in [3.05, 3.63) is 59.0 Å². The van der Waals surface area contributed by atoms with Gasteiger partial charge >= 0.3 is 0 Å². The van der Waals surface area contributed by atoms with Crippen molar-refractivity contribution in [2.45, 2.75) is 59.3 Å². The number of pyridine rings is 1. The molecule has 0 spiro atoms. The number of ether oxygens (including phenoxy) is 1. The molecule has 1 aromatic carbocycles. The summed E-state index contributed by atoms with van der Waals surface area (Å²) in [5.74, 6) is 1.77. The van der Waals surface area contributed by atoms with Gasteiger partial charge in [0.05, 0.1) is 13.7 Å². The number of carbonyl (C=O) groups is 1. The maximum atomic E-state index is 12.2. The molecular formula is C31H43N5O2. The lowest BCUT2D eigenvalue weighted by Crippen LogP contribution is -2.40. The summed E-state index contributed by atoms with van der Waals surface area (Å²) in [5, 5.41) is 4.41. The first kappa shape index (κ1) is 27.8. The standard InChI is InChI=1S/C31H43N5O2/c1-8-9-26(25-17-28(38-7)31-32-20-33-36(31)18-25)30(21(2)3)27-16-24(11-10-22(27)4)23-12-14-35(15-13-23)19-29(37)34(5)6/h10-11,16-18,20-21,23H,8-9,12-15,19H2,1-7H3/b30-26+. The molecular weight excluding hydrogens is 474 g/mol. The van der Waals surface area contributed by atoms with Crippen LogP contribution >= 0.6 is 0 Å². The number of methoxy groups -OCH3 is 1. The SMILES string of the molecule is CCC/C(=C(\c1cc(C2CCN(CC(=O)N(C)C)CC2)ccc1C)C(C)C)c1cc(OC)c2ncnn2c1. The number of aryl methyl sites for hydroxylation is 1. The van der Waals surface area contributed by atoms with Crippen LogP contribution in [0.4, 0.5) is 0 Å². The highest BCUT2D eigenvalue weighted by Crippen LogP contribution is 2.40. The molecule has 0 saturated carbocycles. The molecule has 7 heteroatoms. The Hall–Kier alpha value is -3.19. The minimum Gasteiger partial charge on any atom is -0.493 e. The molecule has 38 heavy (non-hydrogen) atoms. The summed E-state index contributed by atoms with van der Waals surface area (Å²) in [7, 11) is 5.35. The Kier molecular flexibility index (Phi) is 8.87. The van der Waals surface area contributed by atoms with E-state index in [-0.39, 0.29) is 5.91 Å². The third kappa shape index (κ3) is 5.93. The van der Waals surface area contributed by atoms with Gasteiger partial charge < -0.3 is 9.64 Å². The number of benzene rings is 1. The van der Waals surface area contributed by atoms with E-state index in [0.29, 0.717) is 18.4 Å². The molecule has 1 aliphatic heterocycles. The smallest absolute Gasteiger partial charge is 0.236 e. The highest BCUT2D eigenvalue weighted by Gasteiger charge is 2.24. The third-order valence-electron chi connectivity index (χ3n) is 7.78. The Labute approximate surface area is 227 Å². The second-order valence-corrected chi connectivity index (χ2v) is 11.0. The van der Waals surface area contributed by atoms with E-state index in [1.165, 1.54) is 27.8 Å². The predicted octanol–water partition coefficient (Wildman–Crippen LogP) is 5.68. The van der Waals surface area contributed by atoms with Gasteiger partial charge in [0.1, 0.15) is 6.33 Å². The Morgan fingerprint density at radius 3 is 2.55 bits per heavy atom. The topological polar surface area (TPSA) is 63.0 Å². The van der Waals surface area contributed by atoms with Crippen LogP contribution in [0.25, 0.3) is 16.8 Å². The van der Waals surface area contributed by atoms with Crippen LogP contribution in [0, 0.1) is 12.8 Å². The minimum atomic E-state index is 0.178. The normalized spacial score (nSPS) is 15.7. The van der Waals surface area contributed by atoms with E-state index in [2.05, 4.69) is 73.1 Å². The minimum absolute atomic E-state index is 0.178. The van der Waals surface area contributed by atoms with Gasteiger partial charge in [-0.15, -0.1) is 0 Å². The largest absolute Gasteiger partial charge is 0.493 e. The number of allylic oxidation sites excluding steroid dienone is 2. The van der Waals surface area contributed by atoms with Crippen LogP contribution in [-0.4, -0.2) is 71.1 Å². The lowest BCUT2D eigenvalue weighted by Gasteiger charge is -2.33. The van der Waals surface area contributed by atoms with Gasteiger partial charge in [-0.1, -0.05) is 45.4 Å². The van der Waals surface area contributed by atoms with Crippen LogP contribution in [0.5, 0.6) is 5.75 Å². The molecule has 0 atom stereocenters. The van der Waals surface area contributed by atoms with Crippen molar-refractivity contribution >= 4 is 22.7 Å². The first-order chi connectivity index (χ1) is 18.2. The fourth-order valence-corrected chi connectivity index (χ4v) is 5.66. The van der Waals surface area contributed by atoms with Crippen molar-refractivity contribution in [2.75, 3.05) is 40.8 Å². The third-order valence-corrected chi connectivity index (χ3v) is 7.78. The van der Waals surface area contributed by atoms with Gasteiger partial charge in [0.2, 0.25) is 5.91 Å². The number of fused-ring (bicyclic) bond motifs is 1. The number of rotatable bonds is 9. The molecule has 1 fully saturated rings. The van der Waals surface area contributed by atoms with Gasteiger partial charge in [-0.25, -0.2) is 9.50 Å². The first-order valence-electron chi connectivity index (χ1n) is 13.9. The lowest BCUT2D eigenvalue weighted by molar-refractivity contribution is -0.130. The van der Waals surface area contributed by atoms with E-state index in [1.807, 2.05) is 18.6 Å². The summed E-state index contributed by atoms with van der Waals surface area (Å²) in [6, 6.07) is 9.16. The quantitative estimate of drug-likeness (QED) is 0.365. The van der Waals surface area contributed by atoms with Crippen molar-refractivity contribution in [2.24, 2.45) is 5.92 Å². The van der Waals surface area contributed by atoms with Crippen LogP contribution in [0.1, 0.15) is 74.6 Å². The maximum absolute atomic E-state index is 12.2. The Morgan fingerprint density at radius 2 is 1.92 bits per heavy atom.